The molecule has 4 nitrogen and oxygen atoms in total. The van der Waals surface area contributed by atoms with Crippen LogP contribution in [-0.4, -0.2) is 29.6 Å². The van der Waals surface area contributed by atoms with Gasteiger partial charge in [-0.15, -0.1) is 0 Å². The van der Waals surface area contributed by atoms with Gasteiger partial charge in [0.25, 0.3) is 0 Å². The van der Waals surface area contributed by atoms with Crippen molar-refractivity contribution < 1.29 is 0 Å². The second-order valence-corrected chi connectivity index (χ2v) is 4.66. The van der Waals surface area contributed by atoms with E-state index in [9.17, 15) is 0 Å². The van der Waals surface area contributed by atoms with E-state index in [1.54, 1.807) is 6.20 Å². The lowest BCUT2D eigenvalue weighted by atomic mass is 10.0. The van der Waals surface area contributed by atoms with Gasteiger partial charge in [-0.3, -0.25) is 4.98 Å². The Balaban J connectivity index is 2.22. The molecule has 1 fully saturated rings. The first-order valence-electron chi connectivity index (χ1n) is 5.99. The summed E-state index contributed by atoms with van der Waals surface area (Å²) in [5, 5.41) is 3.03. The predicted molar refractivity (Wildman–Crippen MR) is 66.8 cm³/mol. The Labute approximate surface area is 97.1 Å². The summed E-state index contributed by atoms with van der Waals surface area (Å²) < 4.78 is 0. The van der Waals surface area contributed by atoms with Crippen LogP contribution in [0, 0.1) is 5.92 Å². The minimum absolute atomic E-state index is 0.612. The third-order valence-corrected chi connectivity index (χ3v) is 3.24. The molecule has 0 amide bonds. The van der Waals surface area contributed by atoms with Crippen molar-refractivity contribution in [1.82, 2.24) is 9.97 Å². The van der Waals surface area contributed by atoms with Crippen LogP contribution >= 0.6 is 0 Å². The van der Waals surface area contributed by atoms with Gasteiger partial charge in [-0.25, -0.2) is 4.98 Å². The summed E-state index contributed by atoms with van der Waals surface area (Å²) in [5.41, 5.74) is 0. The van der Waals surface area contributed by atoms with Gasteiger partial charge in [-0.1, -0.05) is 13.8 Å². The average Bonchev–Trinajstić information content (AvgIpc) is 2.78. The van der Waals surface area contributed by atoms with E-state index in [2.05, 4.69) is 34.0 Å². The van der Waals surface area contributed by atoms with Gasteiger partial charge in [0, 0.05) is 19.6 Å². The minimum Gasteiger partial charge on any atom is -0.372 e. The summed E-state index contributed by atoms with van der Waals surface area (Å²) in [7, 11) is 1.87. The maximum atomic E-state index is 4.56. The Kier molecular flexibility index (Phi) is 3.27. The van der Waals surface area contributed by atoms with E-state index in [0.29, 0.717) is 12.0 Å². The van der Waals surface area contributed by atoms with Crippen LogP contribution in [0.1, 0.15) is 26.7 Å². The highest BCUT2D eigenvalue weighted by molar-refractivity contribution is 5.45. The number of hydrogen-bond acceptors (Lipinski definition) is 4. The molecule has 0 aliphatic carbocycles. The average molecular weight is 220 g/mol. The van der Waals surface area contributed by atoms with E-state index in [0.717, 1.165) is 18.2 Å². The Bertz CT molecular complexity index is 351. The first-order valence-corrected chi connectivity index (χ1v) is 5.99. The summed E-state index contributed by atoms with van der Waals surface area (Å²) >= 11 is 0. The molecule has 1 unspecified atom stereocenters. The molecule has 0 bridgehead atoms. The van der Waals surface area contributed by atoms with Crippen molar-refractivity contribution in [3.05, 3.63) is 12.4 Å². The molecule has 1 atom stereocenters. The van der Waals surface area contributed by atoms with Crippen LogP contribution in [0.25, 0.3) is 0 Å². The molecule has 2 rings (SSSR count). The van der Waals surface area contributed by atoms with E-state index in [1.165, 1.54) is 12.8 Å². The fourth-order valence-electron chi connectivity index (χ4n) is 2.38. The molecule has 0 radical (unpaired) electrons. The molecule has 0 saturated carbocycles. The molecule has 88 valence electrons. The molecule has 1 aromatic heterocycles. The number of anilines is 2. The molecule has 0 spiro atoms. The van der Waals surface area contributed by atoms with Crippen molar-refractivity contribution in [2.75, 3.05) is 23.8 Å². The van der Waals surface area contributed by atoms with Crippen LogP contribution in [0.15, 0.2) is 12.4 Å². The summed E-state index contributed by atoms with van der Waals surface area (Å²) in [6.45, 7) is 5.65. The van der Waals surface area contributed by atoms with Crippen LogP contribution in [0.3, 0.4) is 0 Å². The monoisotopic (exact) mass is 220 g/mol. The summed E-state index contributed by atoms with van der Waals surface area (Å²) in [6.07, 6.45) is 6.14. The normalized spacial score (nSPS) is 20.5. The van der Waals surface area contributed by atoms with Crippen molar-refractivity contribution >= 4 is 11.6 Å². The van der Waals surface area contributed by atoms with Crippen molar-refractivity contribution in [2.24, 2.45) is 5.92 Å². The fraction of sp³-hybridized carbons (Fsp3) is 0.667. The highest BCUT2D eigenvalue weighted by atomic mass is 15.2. The van der Waals surface area contributed by atoms with Gasteiger partial charge in [0.05, 0.1) is 12.4 Å². The van der Waals surface area contributed by atoms with E-state index < -0.39 is 0 Å². The zero-order valence-electron chi connectivity index (χ0n) is 10.3. The van der Waals surface area contributed by atoms with Gasteiger partial charge in [-0.05, 0) is 18.8 Å². The number of rotatable bonds is 3. The Morgan fingerprint density at radius 2 is 2.25 bits per heavy atom. The lowest BCUT2D eigenvalue weighted by Crippen LogP contribution is -2.34. The van der Waals surface area contributed by atoms with Gasteiger partial charge in [0.15, 0.2) is 0 Å². The number of nitrogens with one attached hydrogen (secondary N) is 1. The molecule has 1 aliphatic heterocycles. The van der Waals surface area contributed by atoms with Gasteiger partial charge in [-0.2, -0.15) is 0 Å². The SMILES string of the molecule is CNc1cncc(N2CCCC2C(C)C)n1. The largest absolute Gasteiger partial charge is 0.372 e. The zero-order chi connectivity index (χ0) is 11.5. The third-order valence-electron chi connectivity index (χ3n) is 3.24. The Morgan fingerprint density at radius 1 is 1.44 bits per heavy atom. The van der Waals surface area contributed by atoms with Gasteiger partial charge < -0.3 is 10.2 Å². The predicted octanol–water partition coefficient (Wildman–Crippen LogP) is 2.14. The molecular weight excluding hydrogens is 200 g/mol. The molecule has 1 aromatic rings. The highest BCUT2D eigenvalue weighted by Crippen LogP contribution is 2.28. The minimum atomic E-state index is 0.612. The summed E-state index contributed by atoms with van der Waals surface area (Å²) in [5.74, 6) is 2.51. The first kappa shape index (κ1) is 11.2. The molecule has 2 heterocycles. The maximum Gasteiger partial charge on any atom is 0.149 e. The number of nitrogens with zero attached hydrogens (tertiary/aromatic N) is 3. The Morgan fingerprint density at radius 3 is 2.94 bits per heavy atom. The molecule has 1 N–H and O–H groups in total. The molecular formula is C12H20N4. The van der Waals surface area contributed by atoms with E-state index in [1.807, 2.05) is 13.2 Å². The van der Waals surface area contributed by atoms with Gasteiger partial charge >= 0.3 is 0 Å². The van der Waals surface area contributed by atoms with Crippen molar-refractivity contribution in [3.8, 4) is 0 Å². The van der Waals surface area contributed by atoms with Crippen LogP contribution < -0.4 is 10.2 Å². The first-order chi connectivity index (χ1) is 7.72. The third kappa shape index (κ3) is 2.10. The second kappa shape index (κ2) is 4.68. The maximum absolute atomic E-state index is 4.56. The quantitative estimate of drug-likeness (QED) is 0.847. The van der Waals surface area contributed by atoms with Crippen molar-refractivity contribution in [2.45, 2.75) is 32.7 Å². The summed E-state index contributed by atoms with van der Waals surface area (Å²) in [6, 6.07) is 0.612. The number of aromatic nitrogens is 2. The van der Waals surface area contributed by atoms with E-state index in [-0.39, 0.29) is 0 Å². The van der Waals surface area contributed by atoms with Crippen molar-refractivity contribution in [3.63, 3.8) is 0 Å². The molecule has 16 heavy (non-hydrogen) atoms. The smallest absolute Gasteiger partial charge is 0.149 e. The van der Waals surface area contributed by atoms with E-state index in [4.69, 9.17) is 0 Å². The highest BCUT2D eigenvalue weighted by Gasteiger charge is 2.28. The summed E-state index contributed by atoms with van der Waals surface area (Å²) in [4.78, 5) is 11.2. The van der Waals surface area contributed by atoms with Crippen LogP contribution in [0.5, 0.6) is 0 Å². The topological polar surface area (TPSA) is 41.1 Å². The van der Waals surface area contributed by atoms with E-state index >= 15 is 0 Å². The standard InChI is InChI=1S/C12H20N4/c1-9(2)10-5-4-6-16(10)12-8-14-7-11(13-3)15-12/h7-10H,4-6H2,1-3H3,(H,13,15). The van der Waals surface area contributed by atoms with Gasteiger partial charge in [0.2, 0.25) is 0 Å². The van der Waals surface area contributed by atoms with Gasteiger partial charge in [0.1, 0.15) is 11.6 Å². The van der Waals surface area contributed by atoms with Crippen LogP contribution in [0.2, 0.25) is 0 Å². The second-order valence-electron chi connectivity index (χ2n) is 4.66. The lowest BCUT2D eigenvalue weighted by Gasteiger charge is -2.28. The van der Waals surface area contributed by atoms with Crippen LogP contribution in [0.4, 0.5) is 11.6 Å². The molecule has 1 aliphatic rings. The molecule has 1 saturated heterocycles. The fourth-order valence-corrected chi connectivity index (χ4v) is 2.38. The Hall–Kier alpha value is -1.32. The number of hydrogen-bond donors (Lipinski definition) is 1. The lowest BCUT2D eigenvalue weighted by molar-refractivity contribution is 0.489. The molecule has 4 heteroatoms. The molecule has 0 aromatic carbocycles. The zero-order valence-corrected chi connectivity index (χ0v) is 10.3. The van der Waals surface area contributed by atoms with Crippen molar-refractivity contribution in [1.29, 1.82) is 0 Å². The van der Waals surface area contributed by atoms with Crippen LogP contribution in [-0.2, 0) is 0 Å².